The summed E-state index contributed by atoms with van der Waals surface area (Å²) in [7, 11) is 1.71. The van der Waals surface area contributed by atoms with Gasteiger partial charge in [0, 0.05) is 64.1 Å². The van der Waals surface area contributed by atoms with Crippen LogP contribution >= 0.6 is 0 Å². The van der Waals surface area contributed by atoms with E-state index in [-0.39, 0.29) is 5.41 Å². The molecule has 2 aliphatic heterocycles. The lowest BCUT2D eigenvalue weighted by Crippen LogP contribution is -2.54. The number of hydrogen-bond acceptors (Lipinski definition) is 5. The summed E-state index contributed by atoms with van der Waals surface area (Å²) in [6.07, 6.45) is 8.47. The van der Waals surface area contributed by atoms with Gasteiger partial charge in [0.15, 0.2) is 0 Å². The molecule has 2 fully saturated rings. The number of anilines is 1. The second-order valence-corrected chi connectivity index (χ2v) is 6.74. The standard InChI is InChI=1S/C17H26N4O2/c1-23-12-4-11-20-13-17(7-5-15(20)22)6-2-10-21(14-17)16-18-8-3-9-19-16/h3,8-9H,2,4-7,10-14H2,1H3/t17-/m1/s1. The van der Waals surface area contributed by atoms with E-state index < -0.39 is 0 Å². The Hall–Kier alpha value is -1.69. The molecule has 0 radical (unpaired) electrons. The first-order chi connectivity index (χ1) is 11.2. The highest BCUT2D eigenvalue weighted by atomic mass is 16.5. The van der Waals surface area contributed by atoms with Crippen LogP contribution in [0.25, 0.3) is 0 Å². The van der Waals surface area contributed by atoms with Gasteiger partial charge in [-0.1, -0.05) is 0 Å². The van der Waals surface area contributed by atoms with E-state index in [1.54, 1.807) is 19.5 Å². The lowest BCUT2D eigenvalue weighted by Gasteiger charge is -2.48. The summed E-state index contributed by atoms with van der Waals surface area (Å²) in [5.41, 5.74) is 0.193. The van der Waals surface area contributed by atoms with Crippen LogP contribution < -0.4 is 4.90 Å². The van der Waals surface area contributed by atoms with Gasteiger partial charge in [-0.05, 0) is 31.7 Å². The Bertz CT molecular complexity index is 525. The van der Waals surface area contributed by atoms with Gasteiger partial charge in [-0.25, -0.2) is 9.97 Å². The molecule has 0 bridgehead atoms. The predicted octanol–water partition coefficient (Wildman–Crippen LogP) is 1.72. The van der Waals surface area contributed by atoms with Crippen LogP contribution in [0.15, 0.2) is 18.5 Å². The smallest absolute Gasteiger partial charge is 0.225 e. The maximum Gasteiger partial charge on any atom is 0.225 e. The third-order valence-electron chi connectivity index (χ3n) is 5.02. The first kappa shape index (κ1) is 16.2. The summed E-state index contributed by atoms with van der Waals surface area (Å²) in [5.74, 6) is 1.11. The SMILES string of the molecule is COCCCN1C[C@@]2(CCCN(c3ncccn3)C2)CCC1=O. The first-order valence-electron chi connectivity index (χ1n) is 8.51. The molecule has 1 amide bonds. The van der Waals surface area contributed by atoms with E-state index in [9.17, 15) is 4.79 Å². The number of rotatable bonds is 5. The van der Waals surface area contributed by atoms with Gasteiger partial charge in [0.25, 0.3) is 0 Å². The number of methoxy groups -OCH3 is 1. The molecule has 0 saturated carbocycles. The number of carbonyl (C=O) groups is 1. The van der Waals surface area contributed by atoms with Crippen molar-refractivity contribution in [2.45, 2.75) is 32.1 Å². The molecule has 2 aliphatic rings. The Kier molecular flexibility index (Phi) is 5.10. The molecule has 1 aromatic heterocycles. The fourth-order valence-electron chi connectivity index (χ4n) is 3.87. The van der Waals surface area contributed by atoms with Gasteiger partial charge < -0.3 is 14.5 Å². The van der Waals surface area contributed by atoms with Crippen molar-refractivity contribution in [3.8, 4) is 0 Å². The quantitative estimate of drug-likeness (QED) is 0.774. The van der Waals surface area contributed by atoms with E-state index in [4.69, 9.17) is 4.74 Å². The van der Waals surface area contributed by atoms with E-state index >= 15 is 0 Å². The van der Waals surface area contributed by atoms with Crippen LogP contribution in [0, 0.1) is 5.41 Å². The third-order valence-corrected chi connectivity index (χ3v) is 5.02. The van der Waals surface area contributed by atoms with E-state index in [0.717, 1.165) is 51.4 Å². The lowest BCUT2D eigenvalue weighted by atomic mass is 9.73. The largest absolute Gasteiger partial charge is 0.385 e. The topological polar surface area (TPSA) is 58.6 Å². The first-order valence-corrected chi connectivity index (χ1v) is 8.51. The number of nitrogens with zero attached hydrogens (tertiary/aromatic N) is 4. The summed E-state index contributed by atoms with van der Waals surface area (Å²) < 4.78 is 5.12. The Labute approximate surface area is 137 Å². The molecule has 0 N–H and O–H groups in total. The zero-order valence-electron chi connectivity index (χ0n) is 13.9. The number of piperidine rings is 2. The highest BCUT2D eigenvalue weighted by Crippen LogP contribution is 2.39. The average molecular weight is 318 g/mol. The normalized spacial score (nSPS) is 25.2. The molecule has 0 unspecified atom stereocenters. The van der Waals surface area contributed by atoms with Crippen molar-refractivity contribution in [3.63, 3.8) is 0 Å². The minimum absolute atomic E-state index is 0.193. The Morgan fingerprint density at radius 2 is 2.09 bits per heavy atom. The molecule has 6 nitrogen and oxygen atoms in total. The molecule has 6 heteroatoms. The van der Waals surface area contributed by atoms with Gasteiger partial charge in [-0.15, -0.1) is 0 Å². The Balaban J connectivity index is 1.67. The van der Waals surface area contributed by atoms with Crippen molar-refractivity contribution in [1.29, 1.82) is 0 Å². The van der Waals surface area contributed by atoms with Crippen LogP contribution in [0.1, 0.15) is 32.1 Å². The highest BCUT2D eigenvalue weighted by molar-refractivity contribution is 5.77. The van der Waals surface area contributed by atoms with Crippen LogP contribution in [0.4, 0.5) is 5.95 Å². The number of ether oxygens (including phenoxy) is 1. The summed E-state index contributed by atoms with van der Waals surface area (Å²) in [5, 5.41) is 0. The van der Waals surface area contributed by atoms with Crippen molar-refractivity contribution >= 4 is 11.9 Å². The van der Waals surface area contributed by atoms with Gasteiger partial charge in [-0.2, -0.15) is 0 Å². The van der Waals surface area contributed by atoms with Gasteiger partial charge in [0.2, 0.25) is 11.9 Å². The van der Waals surface area contributed by atoms with Gasteiger partial charge in [0.05, 0.1) is 0 Å². The second kappa shape index (κ2) is 7.25. The van der Waals surface area contributed by atoms with Crippen molar-refractivity contribution in [3.05, 3.63) is 18.5 Å². The average Bonchev–Trinajstić information content (AvgIpc) is 2.59. The Morgan fingerprint density at radius 3 is 2.87 bits per heavy atom. The van der Waals surface area contributed by atoms with Crippen molar-refractivity contribution in [2.75, 3.05) is 44.8 Å². The summed E-state index contributed by atoms with van der Waals surface area (Å²) >= 11 is 0. The molecule has 3 rings (SSSR count). The zero-order valence-corrected chi connectivity index (χ0v) is 13.9. The fourth-order valence-corrected chi connectivity index (χ4v) is 3.87. The maximum atomic E-state index is 12.2. The number of hydrogen-bond donors (Lipinski definition) is 0. The van der Waals surface area contributed by atoms with Crippen LogP contribution in [0.3, 0.4) is 0 Å². The zero-order chi connectivity index (χ0) is 16.1. The molecule has 1 aromatic rings. The molecule has 0 aliphatic carbocycles. The number of amides is 1. The maximum absolute atomic E-state index is 12.2. The van der Waals surface area contributed by atoms with E-state index in [1.165, 1.54) is 6.42 Å². The van der Waals surface area contributed by atoms with Gasteiger partial charge in [0.1, 0.15) is 0 Å². The van der Waals surface area contributed by atoms with Gasteiger partial charge >= 0.3 is 0 Å². The molecule has 23 heavy (non-hydrogen) atoms. The van der Waals surface area contributed by atoms with Gasteiger partial charge in [-0.3, -0.25) is 4.79 Å². The molecule has 126 valence electrons. The summed E-state index contributed by atoms with van der Waals surface area (Å²) in [4.78, 5) is 25.3. The number of aromatic nitrogens is 2. The molecular formula is C17H26N4O2. The molecule has 3 heterocycles. The monoisotopic (exact) mass is 318 g/mol. The van der Waals surface area contributed by atoms with Crippen LogP contribution in [-0.2, 0) is 9.53 Å². The predicted molar refractivity (Wildman–Crippen MR) is 88.2 cm³/mol. The lowest BCUT2D eigenvalue weighted by molar-refractivity contribution is -0.138. The minimum atomic E-state index is 0.193. The van der Waals surface area contributed by atoms with E-state index in [0.29, 0.717) is 18.9 Å². The molecule has 0 aromatic carbocycles. The highest BCUT2D eigenvalue weighted by Gasteiger charge is 2.42. The second-order valence-electron chi connectivity index (χ2n) is 6.74. The molecular weight excluding hydrogens is 292 g/mol. The van der Waals surface area contributed by atoms with Crippen molar-refractivity contribution < 1.29 is 9.53 Å². The van der Waals surface area contributed by atoms with Crippen LogP contribution in [0.5, 0.6) is 0 Å². The number of carbonyl (C=O) groups excluding carboxylic acids is 1. The molecule has 1 spiro atoms. The van der Waals surface area contributed by atoms with Crippen LogP contribution in [0.2, 0.25) is 0 Å². The molecule has 2 saturated heterocycles. The van der Waals surface area contributed by atoms with Crippen molar-refractivity contribution in [1.82, 2.24) is 14.9 Å². The summed E-state index contributed by atoms with van der Waals surface area (Å²) in [6, 6.07) is 1.85. The van der Waals surface area contributed by atoms with Crippen LogP contribution in [-0.4, -0.2) is 60.7 Å². The Morgan fingerprint density at radius 1 is 1.26 bits per heavy atom. The number of likely N-dealkylation sites (tertiary alicyclic amines) is 1. The van der Waals surface area contributed by atoms with E-state index in [2.05, 4.69) is 14.9 Å². The third kappa shape index (κ3) is 3.80. The molecule has 1 atom stereocenters. The summed E-state index contributed by atoms with van der Waals surface area (Å²) in [6.45, 7) is 4.32. The van der Waals surface area contributed by atoms with E-state index in [1.807, 2.05) is 11.0 Å². The van der Waals surface area contributed by atoms with Crippen molar-refractivity contribution in [2.24, 2.45) is 5.41 Å². The minimum Gasteiger partial charge on any atom is -0.385 e. The fraction of sp³-hybridized carbons (Fsp3) is 0.706.